The lowest BCUT2D eigenvalue weighted by Gasteiger charge is -2.52. The maximum Gasteiger partial charge on any atom is 0.235 e. The molecule has 0 bridgehead atoms. The number of hydrogen-bond acceptors (Lipinski definition) is 9. The zero-order chi connectivity index (χ0) is 29.4. The number of phenolic OH excluding ortho intramolecular Hbond substituents is 1. The molecule has 0 heterocycles. The van der Waals surface area contributed by atoms with E-state index in [1.165, 1.54) is 19.0 Å². The second-order valence-corrected chi connectivity index (χ2v) is 12.3. The number of rotatable bonds is 5. The summed E-state index contributed by atoms with van der Waals surface area (Å²) in [5.41, 5.74) is 0.736. The number of aliphatic hydroxyl groups is 1. The lowest BCUT2D eigenvalue weighted by atomic mass is 9.52. The summed E-state index contributed by atoms with van der Waals surface area (Å²) >= 11 is 0. The number of Topliss-reactive ketones (excluding diaryl/α,β-unsaturated/α-hetero) is 4. The van der Waals surface area contributed by atoms with Crippen molar-refractivity contribution in [2.45, 2.75) is 51.8 Å². The number of carbonyl (C=O) groups excluding carboxylic acids is 5. The first-order valence-corrected chi connectivity index (χ1v) is 12.7. The van der Waals surface area contributed by atoms with Gasteiger partial charge in [-0.2, -0.15) is 0 Å². The number of amides is 1. The molecule has 3 aliphatic carbocycles. The Labute approximate surface area is 223 Å². The summed E-state index contributed by atoms with van der Waals surface area (Å²) in [6, 6.07) is -1.27. The van der Waals surface area contributed by atoms with Gasteiger partial charge in [0, 0.05) is 30.1 Å². The Morgan fingerprint density at radius 3 is 2.28 bits per heavy atom. The van der Waals surface area contributed by atoms with Crippen LogP contribution in [0.5, 0.6) is 5.75 Å². The Morgan fingerprint density at radius 1 is 1.13 bits per heavy atom. The minimum Gasteiger partial charge on any atom is -0.504 e. The Hall–Kier alpha value is -3.09. The molecule has 2 saturated carbocycles. The van der Waals surface area contributed by atoms with Crippen LogP contribution in [0.25, 0.3) is 0 Å². The van der Waals surface area contributed by atoms with E-state index in [1.807, 2.05) is 20.8 Å². The summed E-state index contributed by atoms with van der Waals surface area (Å²) in [5.74, 6) is -15.6. The summed E-state index contributed by atoms with van der Waals surface area (Å²) in [4.78, 5) is 67.0. The molecule has 0 aromatic heterocycles. The number of hydrogen-bond donors (Lipinski definition) is 4. The normalized spacial score (nSPS) is 30.7. The Morgan fingerprint density at radius 2 is 1.74 bits per heavy atom. The van der Waals surface area contributed by atoms with Gasteiger partial charge in [0.15, 0.2) is 46.2 Å². The SMILES string of the molecule is CN(C)[C@@H]1C(=O)C(C(N)=O)C(=O)[C@@]2(O)C(=O)C3C(=O)c4c(O)c(F)c(CNCC(C)(C)C)c(F)c4C[C@H]3C[C@@H]12. The average Bonchev–Trinajstić information content (AvgIpc) is 2.81. The van der Waals surface area contributed by atoms with E-state index in [0.29, 0.717) is 6.54 Å². The molecule has 6 atom stereocenters. The molecule has 1 aromatic carbocycles. The third-order valence-corrected chi connectivity index (χ3v) is 8.15. The van der Waals surface area contributed by atoms with Crippen molar-refractivity contribution in [3.8, 4) is 5.75 Å². The van der Waals surface area contributed by atoms with Gasteiger partial charge in [0.25, 0.3) is 0 Å². The van der Waals surface area contributed by atoms with Crippen LogP contribution in [0.4, 0.5) is 8.78 Å². The molecule has 1 aromatic rings. The number of halogens is 2. The molecule has 0 aliphatic heterocycles. The van der Waals surface area contributed by atoms with Crippen molar-refractivity contribution in [1.29, 1.82) is 0 Å². The monoisotopic (exact) mass is 549 g/mol. The fraction of sp³-hybridized carbons (Fsp3) is 0.593. The van der Waals surface area contributed by atoms with E-state index in [-0.39, 0.29) is 30.4 Å². The van der Waals surface area contributed by atoms with Crippen molar-refractivity contribution >= 4 is 29.0 Å². The van der Waals surface area contributed by atoms with E-state index in [4.69, 9.17) is 5.73 Å². The van der Waals surface area contributed by atoms with Gasteiger partial charge in [-0.15, -0.1) is 0 Å². The number of primary amides is 1. The van der Waals surface area contributed by atoms with Gasteiger partial charge in [0.1, 0.15) is 5.82 Å². The van der Waals surface area contributed by atoms with Crippen LogP contribution in [0.2, 0.25) is 0 Å². The Bertz CT molecular complexity index is 1310. The molecular formula is C27H33F2N3O7. The molecule has 2 unspecified atom stereocenters. The van der Waals surface area contributed by atoms with E-state index in [1.54, 1.807) is 0 Å². The zero-order valence-electron chi connectivity index (χ0n) is 22.4. The van der Waals surface area contributed by atoms with Crippen molar-refractivity contribution in [3.05, 3.63) is 28.3 Å². The number of likely N-dealkylation sites (N-methyl/N-ethyl adjacent to an activating group) is 1. The number of fused-ring (bicyclic) bond motifs is 3. The van der Waals surface area contributed by atoms with Gasteiger partial charge in [0.2, 0.25) is 5.91 Å². The van der Waals surface area contributed by atoms with Crippen LogP contribution in [-0.4, -0.2) is 76.4 Å². The Kier molecular flexibility index (Phi) is 7.06. The van der Waals surface area contributed by atoms with E-state index in [0.717, 1.165) is 0 Å². The smallest absolute Gasteiger partial charge is 0.235 e. The highest BCUT2D eigenvalue weighted by atomic mass is 19.1. The molecule has 4 rings (SSSR count). The van der Waals surface area contributed by atoms with Crippen LogP contribution in [0.1, 0.15) is 48.7 Å². The van der Waals surface area contributed by atoms with Crippen molar-refractivity contribution in [2.24, 2.45) is 34.8 Å². The minimum atomic E-state index is -2.90. The highest BCUT2D eigenvalue weighted by molar-refractivity contribution is 6.32. The largest absolute Gasteiger partial charge is 0.504 e. The molecule has 5 N–H and O–H groups in total. The van der Waals surface area contributed by atoms with Crippen LogP contribution in [0.3, 0.4) is 0 Å². The second kappa shape index (κ2) is 9.53. The minimum absolute atomic E-state index is 0.197. The number of nitrogens with one attached hydrogen (secondary N) is 1. The number of aromatic hydroxyl groups is 1. The van der Waals surface area contributed by atoms with Crippen molar-refractivity contribution in [1.82, 2.24) is 10.2 Å². The van der Waals surface area contributed by atoms with Gasteiger partial charge >= 0.3 is 0 Å². The highest BCUT2D eigenvalue weighted by Gasteiger charge is 2.69. The maximum atomic E-state index is 15.7. The van der Waals surface area contributed by atoms with Crippen LogP contribution in [-0.2, 0) is 32.1 Å². The molecule has 0 spiro atoms. The number of carbonyl (C=O) groups is 5. The predicted octanol–water partition coefficient (Wildman–Crippen LogP) is 0.281. The molecule has 2 fully saturated rings. The summed E-state index contributed by atoms with van der Waals surface area (Å²) in [6.45, 7) is 5.90. The third kappa shape index (κ3) is 4.29. The average molecular weight is 550 g/mol. The first-order chi connectivity index (χ1) is 17.9. The van der Waals surface area contributed by atoms with Gasteiger partial charge in [-0.05, 0) is 38.3 Å². The Balaban J connectivity index is 1.81. The number of benzene rings is 1. The topological polar surface area (TPSA) is 167 Å². The first-order valence-electron chi connectivity index (χ1n) is 12.7. The van der Waals surface area contributed by atoms with Crippen LogP contribution in [0.15, 0.2) is 0 Å². The summed E-state index contributed by atoms with van der Waals surface area (Å²) in [7, 11) is 2.93. The fourth-order valence-electron chi connectivity index (χ4n) is 6.44. The molecular weight excluding hydrogens is 516 g/mol. The zero-order valence-corrected chi connectivity index (χ0v) is 22.4. The molecule has 1 amide bonds. The summed E-state index contributed by atoms with van der Waals surface area (Å²) in [6.07, 6.45) is -0.503. The van der Waals surface area contributed by atoms with E-state index in [2.05, 4.69) is 5.32 Å². The van der Waals surface area contributed by atoms with Crippen molar-refractivity contribution in [3.63, 3.8) is 0 Å². The van der Waals surface area contributed by atoms with Gasteiger partial charge < -0.3 is 21.3 Å². The van der Waals surface area contributed by atoms with Crippen LogP contribution >= 0.6 is 0 Å². The van der Waals surface area contributed by atoms with Gasteiger partial charge in [0.05, 0.1) is 17.5 Å². The number of nitrogens with zero attached hydrogens (tertiary/aromatic N) is 1. The first kappa shape index (κ1) is 28.9. The molecule has 10 nitrogen and oxygen atoms in total. The van der Waals surface area contributed by atoms with E-state index < -0.39 is 92.9 Å². The van der Waals surface area contributed by atoms with E-state index >= 15 is 8.78 Å². The van der Waals surface area contributed by atoms with Gasteiger partial charge in [-0.25, -0.2) is 8.78 Å². The van der Waals surface area contributed by atoms with E-state index in [9.17, 15) is 34.2 Å². The van der Waals surface area contributed by atoms with Crippen LogP contribution < -0.4 is 11.1 Å². The lowest BCUT2D eigenvalue weighted by Crippen LogP contribution is -2.74. The number of nitrogens with two attached hydrogens (primary N) is 1. The maximum absolute atomic E-state index is 15.7. The predicted molar refractivity (Wildman–Crippen MR) is 132 cm³/mol. The van der Waals surface area contributed by atoms with Gasteiger partial charge in [-0.1, -0.05) is 20.8 Å². The quantitative estimate of drug-likeness (QED) is 0.377. The van der Waals surface area contributed by atoms with Crippen molar-refractivity contribution < 1.29 is 43.0 Å². The third-order valence-electron chi connectivity index (χ3n) is 8.15. The second-order valence-electron chi connectivity index (χ2n) is 12.3. The standard InChI is InChI=1S/C27H33F2N3O7/c1-26(2,3)9-31-8-12-17(28)11-6-10-7-13-19(32(4)5)22(35)16(25(30)38)24(37)27(13,39)23(36)14(10)20(33)15(11)21(34)18(12)29/h10,13-14,16,19,31,34,39H,6-9H2,1-5H3,(H2,30,38)/t10-,13-,14?,16?,19-,27-/m0/s1. The molecule has 3 aliphatic rings. The summed E-state index contributed by atoms with van der Waals surface area (Å²) in [5, 5.41) is 25.1. The molecule has 212 valence electrons. The number of phenols is 1. The molecule has 12 heteroatoms. The molecule has 0 saturated heterocycles. The highest BCUT2D eigenvalue weighted by Crippen LogP contribution is 2.51. The van der Waals surface area contributed by atoms with Gasteiger partial charge in [-0.3, -0.25) is 28.9 Å². The summed E-state index contributed by atoms with van der Waals surface area (Å²) < 4.78 is 30.8. The fourth-order valence-corrected chi connectivity index (χ4v) is 6.44. The van der Waals surface area contributed by atoms with Crippen LogP contribution in [0, 0.1) is 40.7 Å². The molecule has 39 heavy (non-hydrogen) atoms. The van der Waals surface area contributed by atoms with Crippen molar-refractivity contribution in [2.75, 3.05) is 20.6 Å². The lowest BCUT2D eigenvalue weighted by molar-refractivity contribution is -0.181. The number of ketones is 4. The molecule has 0 radical (unpaired) electrons.